The van der Waals surface area contributed by atoms with E-state index >= 15 is 4.39 Å². The van der Waals surface area contributed by atoms with Crippen LogP contribution in [0.2, 0.25) is 0 Å². The number of benzene rings is 3. The van der Waals surface area contributed by atoms with Gasteiger partial charge in [0, 0.05) is 40.5 Å². The minimum atomic E-state index is -1.06. The molecule has 0 fully saturated rings. The fourth-order valence-electron chi connectivity index (χ4n) is 3.38. The number of carbonyl (C=O) groups excluding carboxylic acids is 4. The molecule has 0 amide bonds. The molecule has 3 aromatic rings. The molecule has 49 heavy (non-hydrogen) atoms. The van der Waals surface area contributed by atoms with Crippen LogP contribution in [0.4, 0.5) is 4.39 Å². The van der Waals surface area contributed by atoms with Crippen molar-refractivity contribution in [3.8, 4) is 46.7 Å². The molecule has 0 aromatic heterocycles. The normalized spacial score (nSPS) is 9.61. The fourth-order valence-corrected chi connectivity index (χ4v) is 3.38. The van der Waals surface area contributed by atoms with Gasteiger partial charge < -0.3 is 28.4 Å². The van der Waals surface area contributed by atoms with Gasteiger partial charge in [0.15, 0.2) is 17.3 Å². The lowest BCUT2D eigenvalue weighted by molar-refractivity contribution is -0.146. The highest BCUT2D eigenvalue weighted by Gasteiger charge is 2.22. The van der Waals surface area contributed by atoms with E-state index in [1.807, 2.05) is 0 Å². The molecule has 0 radical (unpaired) electrons. The lowest BCUT2D eigenvalue weighted by Gasteiger charge is -2.12. The van der Waals surface area contributed by atoms with Gasteiger partial charge in [-0.2, -0.15) is 0 Å². The van der Waals surface area contributed by atoms with Crippen molar-refractivity contribution in [1.82, 2.24) is 0 Å². The van der Waals surface area contributed by atoms with E-state index in [1.165, 1.54) is 13.8 Å². The molecule has 0 unspecified atom stereocenters. The van der Waals surface area contributed by atoms with Crippen LogP contribution in [0.25, 0.3) is 0 Å². The highest BCUT2D eigenvalue weighted by Crippen LogP contribution is 2.34. The van der Waals surface area contributed by atoms with Crippen LogP contribution in [0.15, 0.2) is 104 Å². The van der Waals surface area contributed by atoms with E-state index in [0.29, 0.717) is 22.6 Å². The van der Waals surface area contributed by atoms with Gasteiger partial charge in [0.2, 0.25) is 13.6 Å². The summed E-state index contributed by atoms with van der Waals surface area (Å²) in [6, 6.07) is 13.6. The number of ether oxygens (including phenoxy) is 6. The summed E-state index contributed by atoms with van der Waals surface area (Å²) in [4.78, 5) is 47.4. The van der Waals surface area contributed by atoms with Crippen LogP contribution in [-0.4, -0.2) is 37.5 Å². The van der Waals surface area contributed by atoms with E-state index in [9.17, 15) is 19.2 Å². The Labute approximate surface area is 282 Å². The molecule has 0 saturated carbocycles. The van der Waals surface area contributed by atoms with E-state index in [2.05, 4.69) is 50.0 Å². The van der Waals surface area contributed by atoms with Gasteiger partial charge in [-0.15, -0.1) is 0 Å². The second-order valence-corrected chi connectivity index (χ2v) is 9.69. The number of esters is 4. The van der Waals surface area contributed by atoms with Gasteiger partial charge in [0.05, 0.1) is 5.56 Å². The maximum absolute atomic E-state index is 15.9. The summed E-state index contributed by atoms with van der Waals surface area (Å²) >= 11 is 0. The van der Waals surface area contributed by atoms with Gasteiger partial charge in [-0.3, -0.25) is 0 Å². The monoisotopic (exact) mass is 664 g/mol. The van der Waals surface area contributed by atoms with E-state index in [1.54, 1.807) is 48.5 Å². The smallest absolute Gasteiger partial charge is 0.335 e. The average molecular weight is 665 g/mol. The largest absolute Gasteiger partial charge is 0.457 e. The predicted molar refractivity (Wildman–Crippen MR) is 176 cm³/mol. The number of hydrogen-bond donors (Lipinski definition) is 0. The summed E-state index contributed by atoms with van der Waals surface area (Å²) in [5, 5.41) is 0. The number of rotatable bonds is 12. The molecule has 0 spiro atoms. The first kappa shape index (κ1) is 36.6. The highest BCUT2D eigenvalue weighted by molar-refractivity contribution is 5.87. The van der Waals surface area contributed by atoms with Gasteiger partial charge in [0.25, 0.3) is 0 Å². The Morgan fingerprint density at radius 1 is 0.694 bits per heavy atom. The van der Waals surface area contributed by atoms with Crippen molar-refractivity contribution < 1.29 is 52.0 Å². The molecule has 11 heteroatoms. The first-order chi connectivity index (χ1) is 23.4. The topological polar surface area (TPSA) is 124 Å². The second kappa shape index (κ2) is 17.7. The third kappa shape index (κ3) is 11.2. The van der Waals surface area contributed by atoms with Gasteiger partial charge in [-0.1, -0.05) is 50.0 Å². The average Bonchev–Trinajstić information content (AvgIpc) is 3.09. The van der Waals surface area contributed by atoms with Crippen LogP contribution in [0.5, 0.6) is 23.0 Å². The second-order valence-electron chi connectivity index (χ2n) is 9.69. The van der Waals surface area contributed by atoms with Crippen molar-refractivity contribution in [3.63, 3.8) is 0 Å². The molecule has 0 heterocycles. The Morgan fingerprint density at radius 3 is 1.59 bits per heavy atom. The number of halogens is 1. The van der Waals surface area contributed by atoms with Crippen LogP contribution >= 0.6 is 0 Å². The summed E-state index contributed by atoms with van der Waals surface area (Å²) < 4.78 is 46.9. The zero-order valence-corrected chi connectivity index (χ0v) is 26.6. The zero-order chi connectivity index (χ0) is 35.9. The molecule has 0 aliphatic rings. The molecule has 0 N–H and O–H groups in total. The van der Waals surface area contributed by atoms with Crippen molar-refractivity contribution in [2.45, 2.75) is 13.8 Å². The van der Waals surface area contributed by atoms with Crippen molar-refractivity contribution in [2.75, 3.05) is 13.6 Å². The summed E-state index contributed by atoms with van der Waals surface area (Å²) in [5.41, 5.74) is 0.745. The minimum absolute atomic E-state index is 0.223. The van der Waals surface area contributed by atoms with Crippen molar-refractivity contribution in [3.05, 3.63) is 132 Å². The van der Waals surface area contributed by atoms with E-state index in [0.717, 1.165) is 18.2 Å². The van der Waals surface area contributed by atoms with Crippen LogP contribution in [0.1, 0.15) is 36.1 Å². The fraction of sp³-hybridized carbons (Fsp3) is 0.105. The van der Waals surface area contributed by atoms with Crippen molar-refractivity contribution in [2.24, 2.45) is 0 Å². The number of carbonyl (C=O) groups is 4. The molecule has 0 atom stereocenters. The van der Waals surface area contributed by atoms with Crippen LogP contribution in [0, 0.1) is 29.5 Å². The Hall–Kier alpha value is -6.85. The predicted octanol–water partition coefficient (Wildman–Crippen LogP) is 5.72. The number of hydrogen-bond acceptors (Lipinski definition) is 10. The lowest BCUT2D eigenvalue weighted by atomic mass is 10.1. The van der Waals surface area contributed by atoms with Gasteiger partial charge >= 0.3 is 23.9 Å². The zero-order valence-electron chi connectivity index (χ0n) is 26.6. The minimum Gasteiger partial charge on any atom is -0.457 e. The molecule has 248 valence electrons. The Balaban J connectivity index is 1.95. The van der Waals surface area contributed by atoms with Gasteiger partial charge in [-0.05, 0) is 62.4 Å². The van der Waals surface area contributed by atoms with E-state index < -0.39 is 35.4 Å². The Kier molecular flexibility index (Phi) is 13.3. The van der Waals surface area contributed by atoms with Crippen molar-refractivity contribution >= 4 is 23.9 Å². The van der Waals surface area contributed by atoms with E-state index in [4.69, 9.17) is 28.4 Å². The SMILES string of the molecule is C=CC(=O)Oc1cc(C#Cc2ccc(OCOC(=O)C(=C)C)cc2)c(F)c(OC(=O)C=C)c1C#Cc1ccc(OCOC(=O)C(=C)C)cc1. The van der Waals surface area contributed by atoms with Crippen molar-refractivity contribution in [1.29, 1.82) is 0 Å². The molecule has 3 aromatic carbocycles. The molecule has 0 aliphatic heterocycles. The molecule has 0 aliphatic carbocycles. The summed E-state index contributed by atoms with van der Waals surface area (Å²) in [6.07, 6.45) is 1.71. The molecule has 10 nitrogen and oxygen atoms in total. The lowest BCUT2D eigenvalue weighted by Crippen LogP contribution is -2.11. The van der Waals surface area contributed by atoms with Crippen LogP contribution < -0.4 is 18.9 Å². The molecule has 0 saturated heterocycles. The van der Waals surface area contributed by atoms with Crippen LogP contribution in [0.3, 0.4) is 0 Å². The van der Waals surface area contributed by atoms with Crippen LogP contribution in [-0.2, 0) is 28.7 Å². The third-order valence-corrected chi connectivity index (χ3v) is 5.84. The summed E-state index contributed by atoms with van der Waals surface area (Å²) in [7, 11) is 0. The van der Waals surface area contributed by atoms with Gasteiger partial charge in [-0.25, -0.2) is 23.6 Å². The Morgan fingerprint density at radius 2 is 1.14 bits per heavy atom. The molecular weight excluding hydrogens is 635 g/mol. The maximum Gasteiger partial charge on any atom is 0.335 e. The standard InChI is InChI=1S/C38H29FO10/c1-7-33(40)48-32-21-28(15-9-26-10-16-29(17-11-26)44-22-46-37(42)24(3)4)35(39)36(49-34(41)8-2)31(32)20-14-27-12-18-30(19-13-27)45-23-47-38(43)25(5)6/h7-8,10-13,16-19,21H,1-3,5,22-23H2,4,6H3. The van der Waals surface area contributed by atoms with Gasteiger partial charge in [0.1, 0.15) is 17.1 Å². The Bertz CT molecular complexity index is 1930. The maximum atomic E-state index is 15.9. The molecular formula is C38H29FO10. The highest BCUT2D eigenvalue weighted by atomic mass is 19.1. The van der Waals surface area contributed by atoms with E-state index in [-0.39, 0.29) is 41.6 Å². The summed E-state index contributed by atoms with van der Waals surface area (Å²) in [5.74, 6) is 6.56. The quantitative estimate of drug-likeness (QED) is 0.0781. The first-order valence-corrected chi connectivity index (χ1v) is 14.1. The first-order valence-electron chi connectivity index (χ1n) is 14.1. The summed E-state index contributed by atoms with van der Waals surface area (Å²) in [6.45, 7) is 16.0. The molecule has 0 bridgehead atoms. The third-order valence-electron chi connectivity index (χ3n) is 5.84. The molecule has 3 rings (SSSR count).